The lowest BCUT2D eigenvalue weighted by molar-refractivity contribution is 0.376. The Kier molecular flexibility index (Phi) is 12.6. The van der Waals surface area contributed by atoms with Gasteiger partial charge in [0, 0.05) is 15.5 Å². The highest BCUT2D eigenvalue weighted by molar-refractivity contribution is 9.10. The zero-order valence-electron chi connectivity index (χ0n) is 25.6. The number of nitrogens with zero attached hydrogens (tertiary/aromatic N) is 1. The van der Waals surface area contributed by atoms with Crippen LogP contribution in [0.25, 0.3) is 22.3 Å². The molecular formula is C41H40BrCl2N. The standard InChI is InChI=1S/C21H20ClN.C20H20BrCl/c22-14-13-16-1-5-18(6-2-16)20-9-11-21(12-10-20)19-7-3-17(15-23)4-8-19;21-20-11-9-19(10-12-20)18-7-5-17(6-8-18)16-3-1-15(2-4-16)13-14-22/h3-4,7-14,16,18H,1-2,5-6H2;5-16H,1-4H2/b2*14-13+. The van der Waals surface area contributed by atoms with Crippen LogP contribution in [0.4, 0.5) is 0 Å². The molecule has 4 heteroatoms. The normalized spacial score (nSPS) is 21.6. The van der Waals surface area contributed by atoms with E-state index >= 15 is 0 Å². The highest BCUT2D eigenvalue weighted by Crippen LogP contribution is 2.38. The highest BCUT2D eigenvalue weighted by atomic mass is 79.9. The van der Waals surface area contributed by atoms with Crippen molar-refractivity contribution < 1.29 is 0 Å². The fraction of sp³-hybridized carbons (Fsp3) is 0.293. The molecule has 1 nitrogen and oxygen atoms in total. The molecule has 6 rings (SSSR count). The Morgan fingerprint density at radius 2 is 0.844 bits per heavy atom. The Labute approximate surface area is 287 Å². The van der Waals surface area contributed by atoms with Crippen molar-refractivity contribution in [3.63, 3.8) is 0 Å². The first-order chi connectivity index (χ1) is 22.1. The molecule has 230 valence electrons. The van der Waals surface area contributed by atoms with Gasteiger partial charge in [0.15, 0.2) is 0 Å². The first-order valence-corrected chi connectivity index (χ1v) is 17.7. The molecule has 45 heavy (non-hydrogen) atoms. The van der Waals surface area contributed by atoms with Gasteiger partial charge in [-0.05, 0) is 133 Å². The lowest BCUT2D eigenvalue weighted by atomic mass is 9.78. The summed E-state index contributed by atoms with van der Waals surface area (Å²) in [6.07, 6.45) is 14.2. The molecule has 0 heterocycles. The van der Waals surface area contributed by atoms with Crippen molar-refractivity contribution >= 4 is 39.1 Å². The van der Waals surface area contributed by atoms with Gasteiger partial charge in [-0.3, -0.25) is 0 Å². The lowest BCUT2D eigenvalue weighted by Gasteiger charge is -2.27. The topological polar surface area (TPSA) is 23.8 Å². The van der Waals surface area contributed by atoms with E-state index in [4.69, 9.17) is 28.5 Å². The van der Waals surface area contributed by atoms with Gasteiger partial charge in [-0.2, -0.15) is 5.26 Å². The summed E-state index contributed by atoms with van der Waals surface area (Å²) < 4.78 is 1.12. The third kappa shape index (κ3) is 9.46. The molecule has 0 N–H and O–H groups in total. The Hall–Kier alpha value is -3.09. The molecular weight excluding hydrogens is 657 g/mol. The van der Waals surface area contributed by atoms with Gasteiger partial charge in [-0.15, -0.1) is 0 Å². The van der Waals surface area contributed by atoms with Crippen LogP contribution in [0.2, 0.25) is 0 Å². The first-order valence-electron chi connectivity index (χ1n) is 16.1. The van der Waals surface area contributed by atoms with Gasteiger partial charge in [0.1, 0.15) is 0 Å². The number of hydrogen-bond acceptors (Lipinski definition) is 1. The van der Waals surface area contributed by atoms with Crippen LogP contribution in [0, 0.1) is 23.2 Å². The van der Waals surface area contributed by atoms with Crippen LogP contribution < -0.4 is 0 Å². The van der Waals surface area contributed by atoms with Gasteiger partial charge < -0.3 is 0 Å². The quantitative estimate of drug-likeness (QED) is 0.197. The third-order valence-corrected chi connectivity index (χ3v) is 10.3. The van der Waals surface area contributed by atoms with E-state index in [0.29, 0.717) is 29.2 Å². The van der Waals surface area contributed by atoms with E-state index < -0.39 is 0 Å². The minimum atomic E-state index is 0.654. The summed E-state index contributed by atoms with van der Waals surface area (Å²) in [6.45, 7) is 0. The van der Waals surface area contributed by atoms with Crippen LogP contribution >= 0.6 is 39.1 Å². The molecule has 0 radical (unpaired) electrons. The van der Waals surface area contributed by atoms with Crippen molar-refractivity contribution in [2.45, 2.75) is 63.2 Å². The SMILES string of the molecule is Cl/C=C/C1CCC(c2ccc(-c3ccc(Br)cc3)cc2)CC1.N#Cc1ccc(-c2ccc(C3CCC(/C=C/Cl)CC3)cc2)cc1. The largest absolute Gasteiger partial charge is 0.192 e. The van der Waals surface area contributed by atoms with Crippen molar-refractivity contribution in [1.29, 1.82) is 5.26 Å². The molecule has 4 aromatic rings. The molecule has 0 atom stereocenters. The van der Waals surface area contributed by atoms with Gasteiger partial charge in [-0.25, -0.2) is 0 Å². The first kappa shape index (κ1) is 33.3. The van der Waals surface area contributed by atoms with E-state index in [1.54, 1.807) is 11.1 Å². The number of allylic oxidation sites excluding steroid dienone is 2. The number of benzene rings is 4. The Morgan fingerprint density at radius 3 is 1.18 bits per heavy atom. The maximum Gasteiger partial charge on any atom is 0.0991 e. The number of rotatable bonds is 6. The minimum Gasteiger partial charge on any atom is -0.192 e. The van der Waals surface area contributed by atoms with E-state index in [0.717, 1.165) is 10.0 Å². The molecule has 0 aromatic heterocycles. The molecule has 2 aliphatic rings. The second kappa shape index (κ2) is 17.0. The molecule has 0 bridgehead atoms. The summed E-state index contributed by atoms with van der Waals surface area (Å²) in [5.41, 5.74) is 11.9. The summed E-state index contributed by atoms with van der Waals surface area (Å²) in [7, 11) is 0. The van der Waals surface area contributed by atoms with Gasteiger partial charge >= 0.3 is 0 Å². The summed E-state index contributed by atoms with van der Waals surface area (Å²) in [5.74, 6) is 2.71. The second-order valence-corrected chi connectivity index (χ2v) is 13.7. The zero-order chi connectivity index (χ0) is 31.4. The van der Waals surface area contributed by atoms with Gasteiger partial charge in [0.2, 0.25) is 0 Å². The molecule has 2 saturated carbocycles. The number of nitriles is 1. The maximum atomic E-state index is 8.87. The van der Waals surface area contributed by atoms with Crippen LogP contribution in [0.1, 0.15) is 79.9 Å². The lowest BCUT2D eigenvalue weighted by Crippen LogP contribution is -2.11. The Bertz CT molecular complexity index is 1570. The summed E-state index contributed by atoms with van der Waals surface area (Å²) in [4.78, 5) is 0. The van der Waals surface area contributed by atoms with Crippen LogP contribution in [-0.4, -0.2) is 0 Å². The molecule has 4 aromatic carbocycles. The maximum absolute atomic E-state index is 8.87. The molecule has 2 aliphatic carbocycles. The van der Waals surface area contributed by atoms with E-state index in [1.807, 2.05) is 24.3 Å². The van der Waals surface area contributed by atoms with Crippen molar-refractivity contribution in [2.75, 3.05) is 0 Å². The molecule has 0 amide bonds. The zero-order valence-corrected chi connectivity index (χ0v) is 28.7. The molecule has 0 unspecified atom stereocenters. The van der Waals surface area contributed by atoms with Crippen LogP contribution in [0.15, 0.2) is 125 Å². The number of hydrogen-bond donors (Lipinski definition) is 0. The smallest absolute Gasteiger partial charge is 0.0991 e. The van der Waals surface area contributed by atoms with Gasteiger partial charge in [-0.1, -0.05) is 124 Å². The average molecular weight is 698 g/mol. The summed E-state index contributed by atoms with van der Waals surface area (Å²) in [6, 6.07) is 36.4. The average Bonchev–Trinajstić information content (AvgIpc) is 3.10. The Morgan fingerprint density at radius 1 is 0.511 bits per heavy atom. The Balaban J connectivity index is 0.000000178. The molecule has 0 spiro atoms. The van der Waals surface area contributed by atoms with Gasteiger partial charge in [0.05, 0.1) is 11.6 Å². The minimum absolute atomic E-state index is 0.654. The van der Waals surface area contributed by atoms with E-state index in [1.165, 1.54) is 79.2 Å². The van der Waals surface area contributed by atoms with Gasteiger partial charge in [0.25, 0.3) is 0 Å². The third-order valence-electron chi connectivity index (χ3n) is 9.52. The van der Waals surface area contributed by atoms with Crippen LogP contribution in [0.3, 0.4) is 0 Å². The van der Waals surface area contributed by atoms with Crippen LogP contribution in [-0.2, 0) is 0 Å². The van der Waals surface area contributed by atoms with Crippen molar-refractivity contribution in [3.8, 4) is 28.3 Å². The monoisotopic (exact) mass is 695 g/mol. The van der Waals surface area contributed by atoms with Crippen LogP contribution in [0.5, 0.6) is 0 Å². The fourth-order valence-electron chi connectivity index (χ4n) is 6.77. The van der Waals surface area contributed by atoms with E-state index in [2.05, 4.69) is 107 Å². The molecule has 2 fully saturated rings. The van der Waals surface area contributed by atoms with Crippen molar-refractivity contribution in [1.82, 2.24) is 0 Å². The summed E-state index contributed by atoms with van der Waals surface area (Å²) >= 11 is 14.9. The predicted octanol–water partition coefficient (Wildman–Crippen LogP) is 13.4. The van der Waals surface area contributed by atoms with Crippen molar-refractivity contribution in [2.24, 2.45) is 11.8 Å². The van der Waals surface area contributed by atoms with E-state index in [-0.39, 0.29) is 0 Å². The predicted molar refractivity (Wildman–Crippen MR) is 196 cm³/mol. The van der Waals surface area contributed by atoms with Crippen molar-refractivity contribution in [3.05, 3.63) is 141 Å². The fourth-order valence-corrected chi connectivity index (χ4v) is 7.45. The number of halogens is 3. The molecule has 0 aliphatic heterocycles. The second-order valence-electron chi connectivity index (χ2n) is 12.3. The molecule has 0 saturated heterocycles. The highest BCUT2D eigenvalue weighted by Gasteiger charge is 2.22. The van der Waals surface area contributed by atoms with E-state index in [9.17, 15) is 0 Å². The summed E-state index contributed by atoms with van der Waals surface area (Å²) in [5, 5.41) is 8.87.